The van der Waals surface area contributed by atoms with Crippen LogP contribution in [0.1, 0.15) is 23.6 Å². The number of phenols is 1. The second kappa shape index (κ2) is 4.96. The van der Waals surface area contributed by atoms with Gasteiger partial charge in [0, 0.05) is 19.4 Å². The molecular weight excluding hydrogens is 258 g/mol. The third-order valence-corrected chi connectivity index (χ3v) is 3.67. The highest BCUT2D eigenvalue weighted by molar-refractivity contribution is 5.70. The van der Waals surface area contributed by atoms with E-state index in [0.717, 1.165) is 17.2 Å². The molecule has 0 spiro atoms. The Balaban J connectivity index is 1.83. The minimum Gasteiger partial charge on any atom is -0.508 e. The Morgan fingerprint density at radius 1 is 1.30 bits per heavy atom. The van der Waals surface area contributed by atoms with Crippen LogP contribution in [0.2, 0.25) is 0 Å². The predicted octanol–water partition coefficient (Wildman–Crippen LogP) is 1.22. The van der Waals surface area contributed by atoms with E-state index < -0.39 is 5.97 Å². The number of hydrogen-bond acceptors (Lipinski definition) is 4. The van der Waals surface area contributed by atoms with Crippen molar-refractivity contribution in [3.05, 3.63) is 41.5 Å². The van der Waals surface area contributed by atoms with Crippen LogP contribution in [0.5, 0.6) is 5.75 Å². The van der Waals surface area contributed by atoms with Gasteiger partial charge in [0.05, 0.1) is 5.92 Å². The van der Waals surface area contributed by atoms with E-state index in [1.54, 1.807) is 12.1 Å². The first kappa shape index (κ1) is 12.7. The number of phenolic OH excluding ortho intramolecular Hbond substituents is 1. The van der Waals surface area contributed by atoms with Crippen LogP contribution in [0.4, 0.5) is 0 Å². The molecule has 0 radical (unpaired) electrons. The van der Waals surface area contributed by atoms with Gasteiger partial charge in [-0.3, -0.25) is 4.79 Å². The fraction of sp³-hybridized carbons (Fsp3) is 0.357. The van der Waals surface area contributed by atoms with Gasteiger partial charge in [0.1, 0.15) is 17.4 Å². The van der Waals surface area contributed by atoms with Crippen LogP contribution in [-0.4, -0.2) is 30.9 Å². The average Bonchev–Trinajstić information content (AvgIpc) is 2.84. The van der Waals surface area contributed by atoms with Gasteiger partial charge in [-0.15, -0.1) is 10.2 Å². The number of carboxylic acids is 1. The fourth-order valence-electron chi connectivity index (χ4n) is 2.51. The molecule has 2 aromatic rings. The topological polar surface area (TPSA) is 88.2 Å². The summed E-state index contributed by atoms with van der Waals surface area (Å²) in [6, 6.07) is 6.91. The predicted molar refractivity (Wildman–Crippen MR) is 70.4 cm³/mol. The summed E-state index contributed by atoms with van der Waals surface area (Å²) >= 11 is 0. The number of nitrogens with zero attached hydrogens (tertiary/aromatic N) is 3. The molecule has 1 aromatic heterocycles. The molecule has 0 saturated heterocycles. The van der Waals surface area contributed by atoms with Crippen LogP contribution in [0, 0.1) is 5.92 Å². The highest BCUT2D eigenvalue weighted by atomic mass is 16.4. The summed E-state index contributed by atoms with van der Waals surface area (Å²) in [5.41, 5.74) is 1.01. The van der Waals surface area contributed by atoms with E-state index in [2.05, 4.69) is 10.2 Å². The SMILES string of the molecule is O=C(O)C1CCc2nnc(Cc3ccc(O)cc3)n2C1. The number of aryl methyl sites for hydroxylation is 1. The summed E-state index contributed by atoms with van der Waals surface area (Å²) in [6.07, 6.45) is 1.85. The summed E-state index contributed by atoms with van der Waals surface area (Å²) in [5, 5.41) is 26.7. The minimum absolute atomic E-state index is 0.225. The summed E-state index contributed by atoms with van der Waals surface area (Å²) in [7, 11) is 0. The molecule has 1 aliphatic rings. The van der Waals surface area contributed by atoms with Crippen molar-refractivity contribution in [2.24, 2.45) is 5.92 Å². The number of aliphatic carboxylic acids is 1. The molecule has 1 atom stereocenters. The summed E-state index contributed by atoms with van der Waals surface area (Å²) in [6.45, 7) is 0.436. The van der Waals surface area contributed by atoms with Gasteiger partial charge in [0.25, 0.3) is 0 Å². The molecule has 3 rings (SSSR count). The molecule has 20 heavy (non-hydrogen) atoms. The number of fused-ring (bicyclic) bond motifs is 1. The smallest absolute Gasteiger partial charge is 0.308 e. The quantitative estimate of drug-likeness (QED) is 0.877. The van der Waals surface area contributed by atoms with E-state index in [1.807, 2.05) is 16.7 Å². The van der Waals surface area contributed by atoms with E-state index in [0.29, 0.717) is 25.8 Å². The number of carbonyl (C=O) groups is 1. The zero-order valence-electron chi connectivity index (χ0n) is 10.9. The molecule has 6 nitrogen and oxygen atoms in total. The molecular formula is C14H15N3O3. The highest BCUT2D eigenvalue weighted by Gasteiger charge is 2.27. The van der Waals surface area contributed by atoms with Gasteiger partial charge in [0.15, 0.2) is 0 Å². The Bertz CT molecular complexity index is 634. The Labute approximate surface area is 115 Å². The minimum atomic E-state index is -0.764. The third kappa shape index (κ3) is 2.36. The lowest BCUT2D eigenvalue weighted by atomic mass is 9.99. The second-order valence-corrected chi connectivity index (χ2v) is 5.06. The van der Waals surface area contributed by atoms with E-state index in [4.69, 9.17) is 5.11 Å². The summed E-state index contributed by atoms with van der Waals surface area (Å²) in [5.74, 6) is 0.730. The largest absolute Gasteiger partial charge is 0.508 e. The molecule has 0 bridgehead atoms. The highest BCUT2D eigenvalue weighted by Crippen LogP contribution is 2.22. The van der Waals surface area contributed by atoms with Crippen molar-refractivity contribution in [3.63, 3.8) is 0 Å². The molecule has 2 heterocycles. The van der Waals surface area contributed by atoms with E-state index >= 15 is 0 Å². The zero-order chi connectivity index (χ0) is 14.1. The first-order chi connectivity index (χ1) is 9.63. The molecule has 0 fully saturated rings. The van der Waals surface area contributed by atoms with Crippen LogP contribution in [0.15, 0.2) is 24.3 Å². The number of rotatable bonds is 3. The van der Waals surface area contributed by atoms with Gasteiger partial charge < -0.3 is 14.8 Å². The maximum Gasteiger partial charge on any atom is 0.308 e. The summed E-state index contributed by atoms with van der Waals surface area (Å²) < 4.78 is 1.91. The Morgan fingerprint density at radius 3 is 2.75 bits per heavy atom. The number of benzene rings is 1. The lowest BCUT2D eigenvalue weighted by Crippen LogP contribution is -2.27. The van der Waals surface area contributed by atoms with Crippen molar-refractivity contribution in [2.45, 2.75) is 25.8 Å². The lowest BCUT2D eigenvalue weighted by molar-refractivity contribution is -0.142. The Kier molecular flexibility index (Phi) is 3.14. The molecule has 104 valence electrons. The second-order valence-electron chi connectivity index (χ2n) is 5.06. The van der Waals surface area contributed by atoms with E-state index in [1.165, 1.54) is 0 Å². The van der Waals surface area contributed by atoms with Gasteiger partial charge in [-0.05, 0) is 24.1 Å². The standard InChI is InChI=1S/C14H15N3O3/c18-11-4-1-9(2-5-11)7-13-16-15-12-6-3-10(14(19)20)8-17(12)13/h1-2,4-5,10,18H,3,6-8H2,(H,19,20). The molecule has 1 aliphatic heterocycles. The van der Waals surface area contributed by atoms with Crippen molar-refractivity contribution in [2.75, 3.05) is 0 Å². The van der Waals surface area contributed by atoms with Crippen molar-refractivity contribution < 1.29 is 15.0 Å². The lowest BCUT2D eigenvalue weighted by Gasteiger charge is -2.21. The zero-order valence-corrected chi connectivity index (χ0v) is 10.9. The first-order valence-corrected chi connectivity index (χ1v) is 6.55. The van der Waals surface area contributed by atoms with Gasteiger partial charge in [0.2, 0.25) is 0 Å². The molecule has 0 amide bonds. The number of aromatic nitrogens is 3. The van der Waals surface area contributed by atoms with E-state index in [-0.39, 0.29) is 11.7 Å². The Morgan fingerprint density at radius 2 is 2.05 bits per heavy atom. The maximum atomic E-state index is 11.1. The Hall–Kier alpha value is -2.37. The van der Waals surface area contributed by atoms with Crippen molar-refractivity contribution in [3.8, 4) is 5.75 Å². The monoisotopic (exact) mass is 273 g/mol. The van der Waals surface area contributed by atoms with Crippen LogP contribution in [-0.2, 0) is 24.2 Å². The van der Waals surface area contributed by atoms with Crippen LogP contribution >= 0.6 is 0 Å². The van der Waals surface area contributed by atoms with Crippen LogP contribution in [0.3, 0.4) is 0 Å². The number of aromatic hydroxyl groups is 1. The molecule has 1 unspecified atom stereocenters. The van der Waals surface area contributed by atoms with Crippen LogP contribution < -0.4 is 0 Å². The average molecular weight is 273 g/mol. The number of hydrogen-bond donors (Lipinski definition) is 2. The summed E-state index contributed by atoms with van der Waals surface area (Å²) in [4.78, 5) is 11.1. The fourth-order valence-corrected chi connectivity index (χ4v) is 2.51. The van der Waals surface area contributed by atoms with Crippen molar-refractivity contribution in [1.29, 1.82) is 0 Å². The molecule has 0 saturated carbocycles. The maximum absolute atomic E-state index is 11.1. The molecule has 0 aliphatic carbocycles. The number of carboxylic acid groups (broad SMARTS) is 1. The first-order valence-electron chi connectivity index (χ1n) is 6.55. The van der Waals surface area contributed by atoms with E-state index in [9.17, 15) is 9.90 Å². The van der Waals surface area contributed by atoms with Gasteiger partial charge in [-0.1, -0.05) is 12.1 Å². The molecule has 6 heteroatoms. The molecule has 2 N–H and O–H groups in total. The van der Waals surface area contributed by atoms with Crippen LogP contribution in [0.25, 0.3) is 0 Å². The van der Waals surface area contributed by atoms with Crippen molar-refractivity contribution >= 4 is 5.97 Å². The van der Waals surface area contributed by atoms with Crippen molar-refractivity contribution in [1.82, 2.24) is 14.8 Å². The third-order valence-electron chi connectivity index (χ3n) is 3.67. The van der Waals surface area contributed by atoms with Gasteiger partial charge >= 0.3 is 5.97 Å². The van der Waals surface area contributed by atoms with Gasteiger partial charge in [-0.25, -0.2) is 0 Å². The van der Waals surface area contributed by atoms with Gasteiger partial charge in [-0.2, -0.15) is 0 Å². The normalized spacial score (nSPS) is 17.7. The molecule has 1 aromatic carbocycles.